The largest absolute Gasteiger partial charge is 0.340 e. The molecule has 0 heterocycles. The summed E-state index contributed by atoms with van der Waals surface area (Å²) in [5, 5.41) is 2.82. The zero-order chi connectivity index (χ0) is 9.61. The van der Waals surface area contributed by atoms with E-state index in [2.05, 4.69) is 17.2 Å². The first-order chi connectivity index (χ1) is 5.52. The molecule has 0 spiro atoms. The topological polar surface area (TPSA) is 29.1 Å². The Kier molecular flexibility index (Phi) is 4.84. The number of carbonyl (C=O) groups is 1. The van der Waals surface area contributed by atoms with Gasteiger partial charge in [-0.1, -0.05) is 5.92 Å². The van der Waals surface area contributed by atoms with Gasteiger partial charge in [-0.3, -0.25) is 4.79 Å². The van der Waals surface area contributed by atoms with Gasteiger partial charge in [0, 0.05) is 0 Å². The predicted octanol–water partition coefficient (Wildman–Crippen LogP) is 1.27. The molecule has 0 aromatic rings. The van der Waals surface area contributed by atoms with E-state index in [-0.39, 0.29) is 5.91 Å². The fourth-order valence-corrected chi connectivity index (χ4v) is 1.19. The van der Waals surface area contributed by atoms with E-state index in [0.29, 0.717) is 5.75 Å². The van der Waals surface area contributed by atoms with Crippen LogP contribution < -0.4 is 5.32 Å². The Morgan fingerprint density at radius 3 is 2.58 bits per heavy atom. The predicted molar refractivity (Wildman–Crippen MR) is 54.1 cm³/mol. The van der Waals surface area contributed by atoms with Crippen LogP contribution in [0.1, 0.15) is 20.8 Å². The lowest BCUT2D eigenvalue weighted by molar-refractivity contribution is -0.119. The fourth-order valence-electron chi connectivity index (χ4n) is 0.859. The SMILES string of the molecule is CC#CC(C)(C)NC(=O)CSC. The number of rotatable bonds is 3. The van der Waals surface area contributed by atoms with Gasteiger partial charge >= 0.3 is 0 Å². The van der Waals surface area contributed by atoms with Gasteiger partial charge in [-0.05, 0) is 27.0 Å². The highest BCUT2D eigenvalue weighted by Crippen LogP contribution is 2.00. The highest BCUT2D eigenvalue weighted by atomic mass is 32.2. The van der Waals surface area contributed by atoms with Gasteiger partial charge in [-0.25, -0.2) is 0 Å². The standard InChI is InChI=1S/C9H15NOS/c1-5-6-9(2,3)10-8(11)7-12-4/h7H2,1-4H3,(H,10,11). The summed E-state index contributed by atoms with van der Waals surface area (Å²) in [5.74, 6) is 6.24. The molecule has 0 aromatic heterocycles. The lowest BCUT2D eigenvalue weighted by Gasteiger charge is -2.19. The molecule has 0 aromatic carbocycles. The Hall–Kier alpha value is -0.620. The third-order valence-electron chi connectivity index (χ3n) is 1.16. The molecule has 0 aliphatic heterocycles. The highest BCUT2D eigenvalue weighted by Gasteiger charge is 2.15. The van der Waals surface area contributed by atoms with Gasteiger partial charge in [0.05, 0.1) is 11.3 Å². The van der Waals surface area contributed by atoms with Gasteiger partial charge in [0.1, 0.15) is 0 Å². The molecule has 68 valence electrons. The molecular weight excluding hydrogens is 170 g/mol. The number of hydrogen-bond acceptors (Lipinski definition) is 2. The van der Waals surface area contributed by atoms with Crippen molar-refractivity contribution in [3.63, 3.8) is 0 Å². The molecule has 0 atom stereocenters. The van der Waals surface area contributed by atoms with Crippen LogP contribution in [0.25, 0.3) is 0 Å². The number of amides is 1. The van der Waals surface area contributed by atoms with Crippen LogP contribution in [0.15, 0.2) is 0 Å². The van der Waals surface area contributed by atoms with E-state index in [1.807, 2.05) is 20.1 Å². The van der Waals surface area contributed by atoms with Crippen LogP contribution in [0.4, 0.5) is 0 Å². The van der Waals surface area contributed by atoms with E-state index >= 15 is 0 Å². The number of thioether (sulfide) groups is 1. The molecule has 3 heteroatoms. The third kappa shape index (κ3) is 5.09. The van der Waals surface area contributed by atoms with E-state index in [0.717, 1.165) is 0 Å². The van der Waals surface area contributed by atoms with Crippen molar-refractivity contribution in [2.45, 2.75) is 26.3 Å². The molecule has 0 fully saturated rings. The van der Waals surface area contributed by atoms with Crippen molar-refractivity contribution in [2.75, 3.05) is 12.0 Å². The molecule has 0 aliphatic carbocycles. The summed E-state index contributed by atoms with van der Waals surface area (Å²) in [7, 11) is 0. The van der Waals surface area contributed by atoms with Crippen LogP contribution >= 0.6 is 11.8 Å². The second-order valence-corrected chi connectivity index (χ2v) is 3.85. The van der Waals surface area contributed by atoms with Gasteiger partial charge in [0.2, 0.25) is 5.91 Å². The maximum Gasteiger partial charge on any atom is 0.231 e. The van der Waals surface area contributed by atoms with Crippen molar-refractivity contribution in [3.05, 3.63) is 0 Å². The van der Waals surface area contributed by atoms with Gasteiger partial charge in [0.15, 0.2) is 0 Å². The van der Waals surface area contributed by atoms with Crippen LogP contribution in [-0.4, -0.2) is 23.5 Å². The maximum absolute atomic E-state index is 11.1. The van der Waals surface area contributed by atoms with E-state index in [1.54, 1.807) is 6.92 Å². The summed E-state index contributed by atoms with van der Waals surface area (Å²) < 4.78 is 0. The van der Waals surface area contributed by atoms with E-state index in [1.165, 1.54) is 11.8 Å². The Labute approximate surface area is 78.5 Å². The van der Waals surface area contributed by atoms with Gasteiger partial charge in [0.25, 0.3) is 0 Å². The molecule has 12 heavy (non-hydrogen) atoms. The number of hydrogen-bond donors (Lipinski definition) is 1. The van der Waals surface area contributed by atoms with Crippen LogP contribution in [0, 0.1) is 11.8 Å². The quantitative estimate of drug-likeness (QED) is 0.671. The minimum Gasteiger partial charge on any atom is -0.340 e. The van der Waals surface area contributed by atoms with E-state index in [9.17, 15) is 4.79 Å². The second-order valence-electron chi connectivity index (χ2n) is 2.98. The first-order valence-electron chi connectivity index (χ1n) is 3.75. The van der Waals surface area contributed by atoms with Crippen LogP contribution in [0.3, 0.4) is 0 Å². The smallest absolute Gasteiger partial charge is 0.231 e. The van der Waals surface area contributed by atoms with Crippen molar-refractivity contribution in [1.29, 1.82) is 0 Å². The minimum atomic E-state index is -0.401. The third-order valence-corrected chi connectivity index (χ3v) is 1.72. The molecule has 1 amide bonds. The molecule has 0 aliphatic rings. The summed E-state index contributed by atoms with van der Waals surface area (Å²) in [6.07, 6.45) is 1.90. The van der Waals surface area contributed by atoms with Crippen molar-refractivity contribution >= 4 is 17.7 Å². The molecule has 2 nitrogen and oxygen atoms in total. The zero-order valence-electron chi connectivity index (χ0n) is 8.02. The van der Waals surface area contributed by atoms with E-state index in [4.69, 9.17) is 0 Å². The molecule has 0 saturated carbocycles. The van der Waals surface area contributed by atoms with Crippen molar-refractivity contribution in [2.24, 2.45) is 0 Å². The first kappa shape index (κ1) is 11.4. The average Bonchev–Trinajstić information content (AvgIpc) is 1.85. The maximum atomic E-state index is 11.1. The first-order valence-corrected chi connectivity index (χ1v) is 5.15. The average molecular weight is 185 g/mol. The van der Waals surface area contributed by atoms with Crippen LogP contribution in [0.2, 0.25) is 0 Å². The summed E-state index contributed by atoms with van der Waals surface area (Å²) in [6, 6.07) is 0. The summed E-state index contributed by atoms with van der Waals surface area (Å²) in [4.78, 5) is 11.1. The molecular formula is C9H15NOS. The Morgan fingerprint density at radius 1 is 1.58 bits per heavy atom. The lowest BCUT2D eigenvalue weighted by Crippen LogP contribution is -2.43. The number of carbonyl (C=O) groups excluding carboxylic acids is 1. The Morgan fingerprint density at radius 2 is 2.17 bits per heavy atom. The zero-order valence-corrected chi connectivity index (χ0v) is 8.84. The molecule has 0 unspecified atom stereocenters. The molecule has 0 rings (SSSR count). The Balaban J connectivity index is 4.02. The normalized spacial score (nSPS) is 10.0. The summed E-state index contributed by atoms with van der Waals surface area (Å²) >= 11 is 1.51. The molecule has 1 N–H and O–H groups in total. The molecule has 0 saturated heterocycles. The van der Waals surface area contributed by atoms with Crippen molar-refractivity contribution < 1.29 is 4.79 Å². The van der Waals surface area contributed by atoms with Crippen molar-refractivity contribution in [3.8, 4) is 11.8 Å². The minimum absolute atomic E-state index is 0.0373. The summed E-state index contributed by atoms with van der Waals surface area (Å²) in [6.45, 7) is 5.55. The van der Waals surface area contributed by atoms with Gasteiger partial charge in [-0.2, -0.15) is 11.8 Å². The molecule has 0 bridgehead atoms. The molecule has 0 radical (unpaired) electrons. The highest BCUT2D eigenvalue weighted by molar-refractivity contribution is 7.99. The monoisotopic (exact) mass is 185 g/mol. The van der Waals surface area contributed by atoms with Crippen LogP contribution in [0.5, 0.6) is 0 Å². The van der Waals surface area contributed by atoms with Crippen molar-refractivity contribution in [1.82, 2.24) is 5.32 Å². The fraction of sp³-hybridized carbons (Fsp3) is 0.667. The van der Waals surface area contributed by atoms with E-state index < -0.39 is 5.54 Å². The van der Waals surface area contributed by atoms with Gasteiger partial charge < -0.3 is 5.32 Å². The lowest BCUT2D eigenvalue weighted by atomic mass is 10.1. The van der Waals surface area contributed by atoms with Gasteiger partial charge in [-0.15, -0.1) is 5.92 Å². The summed E-state index contributed by atoms with van der Waals surface area (Å²) in [5.41, 5.74) is -0.401. The second kappa shape index (κ2) is 5.10. The van der Waals surface area contributed by atoms with Crippen LogP contribution in [-0.2, 0) is 4.79 Å². The Bertz CT molecular complexity index is 212. The number of nitrogens with one attached hydrogen (secondary N) is 1.